The number of anilines is 1. The lowest BCUT2D eigenvalue weighted by molar-refractivity contribution is -0.0563. The molecule has 1 fully saturated rings. The van der Waals surface area contributed by atoms with E-state index in [2.05, 4.69) is 18.7 Å². The zero-order valence-electron chi connectivity index (χ0n) is 11.7. The summed E-state index contributed by atoms with van der Waals surface area (Å²) in [6.07, 6.45) is 0.0417. The number of morpholine rings is 1. The predicted octanol–water partition coefficient (Wildman–Crippen LogP) is 3.06. The van der Waals surface area contributed by atoms with Gasteiger partial charge in [0.15, 0.2) is 0 Å². The van der Waals surface area contributed by atoms with Crippen LogP contribution in [0.25, 0.3) is 0 Å². The molecule has 0 bridgehead atoms. The second kappa shape index (κ2) is 6.85. The fraction of sp³-hybridized carbons (Fsp3) is 0.571. The van der Waals surface area contributed by atoms with E-state index in [1.54, 1.807) is 12.1 Å². The van der Waals surface area contributed by atoms with Crippen LogP contribution in [0.1, 0.15) is 13.8 Å². The molecule has 0 spiro atoms. The molecule has 6 heteroatoms. The molecule has 0 radical (unpaired) electrons. The van der Waals surface area contributed by atoms with Crippen molar-refractivity contribution in [3.8, 4) is 5.75 Å². The Balaban J connectivity index is 1.93. The largest absolute Gasteiger partial charge is 0.489 e. The van der Waals surface area contributed by atoms with Crippen LogP contribution in [0.3, 0.4) is 0 Å². The fourth-order valence-electron chi connectivity index (χ4n) is 2.16. The molecule has 2 N–H and O–H groups in total. The normalized spacial score (nSPS) is 20.4. The van der Waals surface area contributed by atoms with Crippen LogP contribution >= 0.6 is 23.2 Å². The molecular formula is C14H20Cl2N2O2. The molecule has 2 rings (SSSR count). The third-order valence-electron chi connectivity index (χ3n) is 3.38. The summed E-state index contributed by atoms with van der Waals surface area (Å²) in [5.74, 6) is 0.546. The minimum atomic E-state index is 0.0417. The van der Waals surface area contributed by atoms with Crippen LogP contribution in [0.2, 0.25) is 10.0 Å². The van der Waals surface area contributed by atoms with Gasteiger partial charge in [0.25, 0.3) is 0 Å². The number of rotatable bonds is 4. The Morgan fingerprint density at radius 3 is 2.80 bits per heavy atom. The van der Waals surface area contributed by atoms with E-state index in [1.165, 1.54) is 0 Å². The van der Waals surface area contributed by atoms with Crippen molar-refractivity contribution in [2.24, 2.45) is 0 Å². The van der Waals surface area contributed by atoms with Crippen LogP contribution in [-0.2, 0) is 4.74 Å². The molecule has 0 saturated carbocycles. The van der Waals surface area contributed by atoms with Gasteiger partial charge in [-0.05, 0) is 19.9 Å². The van der Waals surface area contributed by atoms with Gasteiger partial charge in [0.05, 0.1) is 22.3 Å². The molecule has 20 heavy (non-hydrogen) atoms. The Hall–Kier alpha value is -0.680. The van der Waals surface area contributed by atoms with Crippen LogP contribution in [0.4, 0.5) is 5.69 Å². The number of nitrogens with two attached hydrogens (primary N) is 1. The first kappa shape index (κ1) is 15.7. The number of ether oxygens (including phenoxy) is 2. The van der Waals surface area contributed by atoms with Crippen molar-refractivity contribution in [1.82, 2.24) is 4.90 Å². The number of benzene rings is 1. The zero-order chi connectivity index (χ0) is 14.7. The average molecular weight is 319 g/mol. The third-order valence-corrected chi connectivity index (χ3v) is 4.10. The SMILES string of the molecule is CC(C)N1CCOC(COc2cc(Cl)c(Cl)cc2N)C1. The van der Waals surface area contributed by atoms with E-state index in [0.29, 0.717) is 34.1 Å². The Labute approximate surface area is 129 Å². The number of nitrogens with zero attached hydrogens (tertiary/aromatic N) is 1. The van der Waals surface area contributed by atoms with Crippen molar-refractivity contribution in [1.29, 1.82) is 0 Å². The van der Waals surface area contributed by atoms with Gasteiger partial charge in [-0.25, -0.2) is 0 Å². The Morgan fingerprint density at radius 2 is 2.10 bits per heavy atom. The number of nitrogen functional groups attached to an aromatic ring is 1. The van der Waals surface area contributed by atoms with Gasteiger partial charge in [-0.2, -0.15) is 0 Å². The quantitative estimate of drug-likeness (QED) is 0.867. The van der Waals surface area contributed by atoms with Gasteiger partial charge in [0, 0.05) is 25.2 Å². The maximum absolute atomic E-state index is 5.97. The smallest absolute Gasteiger partial charge is 0.143 e. The second-order valence-electron chi connectivity index (χ2n) is 5.20. The molecule has 1 aromatic rings. The van der Waals surface area contributed by atoms with E-state index >= 15 is 0 Å². The molecule has 1 aromatic carbocycles. The van der Waals surface area contributed by atoms with Gasteiger partial charge in [0.1, 0.15) is 18.5 Å². The van der Waals surface area contributed by atoms with Gasteiger partial charge in [0.2, 0.25) is 0 Å². The first-order chi connectivity index (χ1) is 9.47. The Bertz CT molecular complexity index is 469. The molecule has 1 heterocycles. The van der Waals surface area contributed by atoms with Crippen molar-refractivity contribution in [2.75, 3.05) is 32.0 Å². The van der Waals surface area contributed by atoms with Crippen molar-refractivity contribution in [3.05, 3.63) is 22.2 Å². The van der Waals surface area contributed by atoms with Gasteiger partial charge in [-0.15, -0.1) is 0 Å². The van der Waals surface area contributed by atoms with E-state index in [0.717, 1.165) is 19.7 Å². The highest BCUT2D eigenvalue weighted by Crippen LogP contribution is 2.32. The molecule has 1 atom stereocenters. The topological polar surface area (TPSA) is 47.7 Å². The monoisotopic (exact) mass is 318 g/mol. The molecule has 1 aliphatic heterocycles. The zero-order valence-corrected chi connectivity index (χ0v) is 13.2. The maximum atomic E-state index is 5.97. The van der Waals surface area contributed by atoms with Crippen LogP contribution in [0, 0.1) is 0 Å². The standard InChI is InChI=1S/C14H20Cl2N2O2/c1-9(2)18-3-4-19-10(7-18)8-20-14-6-12(16)11(15)5-13(14)17/h5-6,9-10H,3-4,7-8,17H2,1-2H3. The number of hydrogen-bond donors (Lipinski definition) is 1. The lowest BCUT2D eigenvalue weighted by atomic mass is 10.2. The Kier molecular flexibility index (Phi) is 5.38. The van der Waals surface area contributed by atoms with Crippen molar-refractivity contribution in [2.45, 2.75) is 26.0 Å². The minimum absolute atomic E-state index is 0.0417. The molecule has 1 aliphatic rings. The highest BCUT2D eigenvalue weighted by molar-refractivity contribution is 6.42. The van der Waals surface area contributed by atoms with Crippen molar-refractivity contribution in [3.63, 3.8) is 0 Å². The highest BCUT2D eigenvalue weighted by atomic mass is 35.5. The molecule has 0 amide bonds. The van der Waals surface area contributed by atoms with Crippen molar-refractivity contribution < 1.29 is 9.47 Å². The maximum Gasteiger partial charge on any atom is 0.143 e. The summed E-state index contributed by atoms with van der Waals surface area (Å²) in [7, 11) is 0. The summed E-state index contributed by atoms with van der Waals surface area (Å²) in [5, 5.41) is 0.862. The molecule has 1 unspecified atom stereocenters. The molecule has 0 aliphatic carbocycles. The lowest BCUT2D eigenvalue weighted by Gasteiger charge is -2.35. The number of hydrogen-bond acceptors (Lipinski definition) is 4. The minimum Gasteiger partial charge on any atom is -0.489 e. The summed E-state index contributed by atoms with van der Waals surface area (Å²) in [6.45, 7) is 7.36. The summed E-state index contributed by atoms with van der Waals surface area (Å²) in [5.41, 5.74) is 6.34. The van der Waals surface area contributed by atoms with E-state index in [1.807, 2.05) is 0 Å². The van der Waals surface area contributed by atoms with Crippen LogP contribution in [0.15, 0.2) is 12.1 Å². The van der Waals surface area contributed by atoms with Gasteiger partial charge in [-0.3, -0.25) is 4.90 Å². The Morgan fingerprint density at radius 1 is 1.40 bits per heavy atom. The molecule has 1 saturated heterocycles. The first-order valence-corrected chi connectivity index (χ1v) is 7.46. The summed E-state index contributed by atoms with van der Waals surface area (Å²) < 4.78 is 11.4. The number of halogens is 2. The molecule has 4 nitrogen and oxygen atoms in total. The van der Waals surface area contributed by atoms with Crippen molar-refractivity contribution >= 4 is 28.9 Å². The summed E-state index contributed by atoms with van der Waals surface area (Å²) in [6, 6.07) is 3.75. The van der Waals surface area contributed by atoms with Gasteiger partial charge < -0.3 is 15.2 Å². The molecule has 112 valence electrons. The van der Waals surface area contributed by atoms with E-state index < -0.39 is 0 Å². The van der Waals surface area contributed by atoms with Crippen LogP contribution in [-0.4, -0.2) is 43.3 Å². The fourth-order valence-corrected chi connectivity index (χ4v) is 2.49. The predicted molar refractivity (Wildman–Crippen MR) is 82.8 cm³/mol. The molecule has 0 aromatic heterocycles. The second-order valence-corrected chi connectivity index (χ2v) is 6.01. The molecular weight excluding hydrogens is 299 g/mol. The van der Waals surface area contributed by atoms with E-state index in [9.17, 15) is 0 Å². The van der Waals surface area contributed by atoms with Crippen LogP contribution in [0.5, 0.6) is 5.75 Å². The van der Waals surface area contributed by atoms with E-state index in [-0.39, 0.29) is 6.10 Å². The third kappa shape index (κ3) is 3.92. The first-order valence-electron chi connectivity index (χ1n) is 6.70. The summed E-state index contributed by atoms with van der Waals surface area (Å²) >= 11 is 11.9. The average Bonchev–Trinajstić information content (AvgIpc) is 2.41. The lowest BCUT2D eigenvalue weighted by Crippen LogP contribution is -2.47. The highest BCUT2D eigenvalue weighted by Gasteiger charge is 2.23. The summed E-state index contributed by atoms with van der Waals surface area (Å²) in [4.78, 5) is 2.37. The van der Waals surface area contributed by atoms with Crippen LogP contribution < -0.4 is 10.5 Å². The van der Waals surface area contributed by atoms with Gasteiger partial charge >= 0.3 is 0 Å². The van der Waals surface area contributed by atoms with Gasteiger partial charge in [-0.1, -0.05) is 23.2 Å². The van der Waals surface area contributed by atoms with E-state index in [4.69, 9.17) is 38.4 Å².